The van der Waals surface area contributed by atoms with Crippen molar-refractivity contribution >= 4 is 23.3 Å². The molecule has 1 saturated carbocycles. The molecule has 43 heavy (non-hydrogen) atoms. The van der Waals surface area contributed by atoms with E-state index < -0.39 is 35.5 Å². The second-order valence-corrected chi connectivity index (χ2v) is 13.2. The summed E-state index contributed by atoms with van der Waals surface area (Å²) in [6.07, 6.45) is 13.8. The molecular weight excluding hydrogens is 554 g/mol. The molecule has 236 valence electrons. The van der Waals surface area contributed by atoms with E-state index in [-0.39, 0.29) is 22.9 Å². The quantitative estimate of drug-likeness (QED) is 0.481. The van der Waals surface area contributed by atoms with E-state index in [1.165, 1.54) is 23.8 Å². The predicted molar refractivity (Wildman–Crippen MR) is 160 cm³/mol. The van der Waals surface area contributed by atoms with Crippen LogP contribution in [0.15, 0.2) is 12.4 Å². The number of fused-ring (bicyclic) bond motifs is 1. The van der Waals surface area contributed by atoms with E-state index in [0.29, 0.717) is 18.9 Å². The molecule has 4 fully saturated rings. The lowest BCUT2D eigenvalue weighted by Crippen LogP contribution is -2.73. The van der Waals surface area contributed by atoms with Gasteiger partial charge in [0.1, 0.15) is 11.7 Å². The fourth-order valence-electron chi connectivity index (χ4n) is 8.01. The molecule has 3 unspecified atom stereocenters. The van der Waals surface area contributed by atoms with Crippen LogP contribution in [0.2, 0.25) is 0 Å². The Morgan fingerprint density at radius 2 is 1.77 bits per heavy atom. The summed E-state index contributed by atoms with van der Waals surface area (Å²) in [7, 11) is 0. The van der Waals surface area contributed by atoms with E-state index in [1.807, 2.05) is 4.90 Å². The molecule has 0 radical (unpaired) electrons. The number of likely N-dealkylation sites (tertiary alicyclic amines) is 2. The first kappa shape index (κ1) is 30.2. The van der Waals surface area contributed by atoms with Crippen molar-refractivity contribution in [2.45, 2.75) is 107 Å². The van der Waals surface area contributed by atoms with Gasteiger partial charge in [0.15, 0.2) is 17.3 Å². The van der Waals surface area contributed by atoms with Gasteiger partial charge in [-0.2, -0.15) is 0 Å². The van der Waals surface area contributed by atoms with E-state index in [4.69, 9.17) is 5.73 Å². The predicted octanol–water partition coefficient (Wildman–Crippen LogP) is 3.46. The molecule has 3 saturated heterocycles. The maximum absolute atomic E-state index is 17.2. The summed E-state index contributed by atoms with van der Waals surface area (Å²) in [5.41, 5.74) is 5.71. The number of hydrogen-bond acceptors (Lipinski definition) is 7. The summed E-state index contributed by atoms with van der Waals surface area (Å²) in [6, 6.07) is -1.01. The number of alkyl halides is 1. The van der Waals surface area contributed by atoms with Crippen molar-refractivity contribution in [2.75, 3.05) is 38.5 Å². The van der Waals surface area contributed by atoms with Crippen molar-refractivity contribution < 1.29 is 18.4 Å². The largest absolute Gasteiger partial charge is 0.381 e. The minimum absolute atomic E-state index is 0.0474. The summed E-state index contributed by atoms with van der Waals surface area (Å²) in [6.45, 7) is 3.51. The number of aromatic nitrogens is 3. The smallest absolute Gasteiger partial charge is 0.259 e. The maximum atomic E-state index is 17.2. The summed E-state index contributed by atoms with van der Waals surface area (Å²) in [5, 5.41) is 10.8. The molecular formula is C31H46F2N8O2. The number of nitrogens with one attached hydrogen (secondary N) is 2. The van der Waals surface area contributed by atoms with Crippen LogP contribution in [0.1, 0.15) is 93.8 Å². The van der Waals surface area contributed by atoms with Crippen molar-refractivity contribution in [3.05, 3.63) is 23.8 Å². The van der Waals surface area contributed by atoms with Crippen LogP contribution in [-0.4, -0.2) is 92.7 Å². The molecule has 4 N–H and O–H groups in total. The Labute approximate surface area is 252 Å². The van der Waals surface area contributed by atoms with Gasteiger partial charge in [0.05, 0.1) is 30.0 Å². The monoisotopic (exact) mass is 600 g/mol. The van der Waals surface area contributed by atoms with Gasteiger partial charge in [0.25, 0.3) is 5.91 Å². The molecule has 2 aromatic heterocycles. The third-order valence-corrected chi connectivity index (χ3v) is 10.4. The Balaban J connectivity index is 1.22. The summed E-state index contributed by atoms with van der Waals surface area (Å²) < 4.78 is 32.1. The number of hydrogen-bond donors (Lipinski definition) is 3. The standard InChI is InChI=1S/C31H46F2N8O2/c32-22-17-35-29-25(28(34)38-41(29)20-22)30(43)37-23-18-36-31(12-6-4-2-1-3-5-7-13-31)27(33)26(23)39-15-10-21(11-16-39)19-40-14-8-9-24(40)42/h17,20-21,23,26-27,36H,1-16,18-19H2,(H2,34,38)(H,37,43). The lowest BCUT2D eigenvalue weighted by Gasteiger charge is -2.53. The van der Waals surface area contributed by atoms with Crippen molar-refractivity contribution in [1.29, 1.82) is 0 Å². The molecule has 1 spiro atoms. The maximum Gasteiger partial charge on any atom is 0.259 e. The zero-order valence-corrected chi connectivity index (χ0v) is 25.1. The van der Waals surface area contributed by atoms with Crippen molar-refractivity contribution in [3.8, 4) is 0 Å². The second-order valence-electron chi connectivity index (χ2n) is 13.2. The summed E-state index contributed by atoms with van der Waals surface area (Å²) in [5.74, 6) is -0.477. The van der Waals surface area contributed by atoms with Gasteiger partial charge in [0.2, 0.25) is 5.91 Å². The number of piperidine rings is 2. The van der Waals surface area contributed by atoms with Crippen molar-refractivity contribution in [2.24, 2.45) is 5.92 Å². The van der Waals surface area contributed by atoms with Gasteiger partial charge in [-0.3, -0.25) is 14.5 Å². The van der Waals surface area contributed by atoms with Crippen LogP contribution in [0.5, 0.6) is 0 Å². The second kappa shape index (κ2) is 13.0. The lowest BCUT2D eigenvalue weighted by molar-refractivity contribution is -0.128. The average Bonchev–Trinajstić information content (AvgIpc) is 3.55. The molecule has 2 amide bonds. The zero-order chi connectivity index (χ0) is 30.0. The molecule has 0 bridgehead atoms. The topological polar surface area (TPSA) is 121 Å². The number of nitrogens with two attached hydrogens (primary N) is 1. The van der Waals surface area contributed by atoms with Gasteiger partial charge >= 0.3 is 0 Å². The molecule has 5 heterocycles. The van der Waals surface area contributed by atoms with Crippen LogP contribution in [0.25, 0.3) is 5.65 Å². The highest BCUT2D eigenvalue weighted by Crippen LogP contribution is 2.38. The molecule has 0 aromatic carbocycles. The van der Waals surface area contributed by atoms with Crippen LogP contribution in [0.4, 0.5) is 14.6 Å². The molecule has 2 aromatic rings. The molecule has 12 heteroatoms. The van der Waals surface area contributed by atoms with Crippen LogP contribution in [0, 0.1) is 11.7 Å². The van der Waals surface area contributed by atoms with Crippen LogP contribution >= 0.6 is 0 Å². The number of rotatable bonds is 5. The van der Waals surface area contributed by atoms with E-state index in [0.717, 1.165) is 96.4 Å². The van der Waals surface area contributed by atoms with Crippen LogP contribution < -0.4 is 16.4 Å². The summed E-state index contributed by atoms with van der Waals surface area (Å²) in [4.78, 5) is 34.2. The van der Waals surface area contributed by atoms with Crippen molar-refractivity contribution in [1.82, 2.24) is 35.0 Å². The van der Waals surface area contributed by atoms with E-state index in [2.05, 4.69) is 25.6 Å². The zero-order valence-electron chi connectivity index (χ0n) is 25.1. The van der Waals surface area contributed by atoms with Gasteiger partial charge in [-0.05, 0) is 51.1 Å². The minimum atomic E-state index is -1.17. The first-order valence-electron chi connectivity index (χ1n) is 16.4. The third kappa shape index (κ3) is 6.36. The first-order chi connectivity index (χ1) is 20.8. The molecule has 6 rings (SSSR count). The Morgan fingerprint density at radius 3 is 2.44 bits per heavy atom. The number of nitrogen functional groups attached to an aromatic ring is 1. The highest BCUT2D eigenvalue weighted by atomic mass is 19.1. The molecule has 3 atom stereocenters. The Hall–Kier alpha value is -2.86. The van der Waals surface area contributed by atoms with Gasteiger partial charge in [-0.15, -0.1) is 5.10 Å². The number of amides is 2. The normalized spacial score (nSPS) is 28.0. The number of carbonyl (C=O) groups is 2. The van der Waals surface area contributed by atoms with Crippen LogP contribution in [0.3, 0.4) is 0 Å². The van der Waals surface area contributed by atoms with E-state index in [1.54, 1.807) is 0 Å². The fourth-order valence-corrected chi connectivity index (χ4v) is 8.01. The minimum Gasteiger partial charge on any atom is -0.381 e. The van der Waals surface area contributed by atoms with Gasteiger partial charge in [-0.25, -0.2) is 18.3 Å². The van der Waals surface area contributed by atoms with Gasteiger partial charge in [-0.1, -0.05) is 44.9 Å². The average molecular weight is 601 g/mol. The first-order valence-corrected chi connectivity index (χ1v) is 16.4. The Kier molecular flexibility index (Phi) is 9.13. The molecule has 1 aliphatic carbocycles. The number of halogens is 2. The number of anilines is 1. The molecule has 10 nitrogen and oxygen atoms in total. The van der Waals surface area contributed by atoms with Gasteiger partial charge < -0.3 is 21.3 Å². The highest BCUT2D eigenvalue weighted by molar-refractivity contribution is 6.04. The molecule has 4 aliphatic rings. The lowest BCUT2D eigenvalue weighted by atomic mass is 9.73. The fraction of sp³-hybridized carbons (Fsp3) is 0.742. The Morgan fingerprint density at radius 1 is 1.07 bits per heavy atom. The van der Waals surface area contributed by atoms with E-state index in [9.17, 15) is 14.0 Å². The summed E-state index contributed by atoms with van der Waals surface area (Å²) >= 11 is 0. The molecule has 3 aliphatic heterocycles. The van der Waals surface area contributed by atoms with E-state index >= 15 is 4.39 Å². The number of carbonyl (C=O) groups excluding carboxylic acids is 2. The number of nitrogens with zero attached hydrogens (tertiary/aromatic N) is 5. The Bertz CT molecular complexity index is 1290. The third-order valence-electron chi connectivity index (χ3n) is 10.4. The van der Waals surface area contributed by atoms with Crippen molar-refractivity contribution in [3.63, 3.8) is 0 Å². The van der Waals surface area contributed by atoms with Crippen LogP contribution in [-0.2, 0) is 4.79 Å². The van der Waals surface area contributed by atoms with Gasteiger partial charge in [0, 0.05) is 26.1 Å². The SMILES string of the molecule is Nc1nn2cc(F)cnc2c1C(=O)NC1CNC2(CCCCCCCCC2)C(F)C1N1CCC(CN2CCCC2=O)CC1. The highest BCUT2D eigenvalue weighted by Gasteiger charge is 2.52.